The molecule has 78 valence electrons. The zero-order valence-corrected chi connectivity index (χ0v) is 9.04. The van der Waals surface area contributed by atoms with Crippen molar-refractivity contribution in [3.63, 3.8) is 0 Å². The van der Waals surface area contributed by atoms with E-state index in [9.17, 15) is 4.79 Å². The Hall–Kier alpha value is -0.570. The van der Waals surface area contributed by atoms with E-state index in [-0.39, 0.29) is 18.6 Å². The van der Waals surface area contributed by atoms with Gasteiger partial charge in [-0.1, -0.05) is 34.1 Å². The predicted octanol–water partition coefficient (Wildman–Crippen LogP) is 1.76. The molecule has 3 atom stereocenters. The van der Waals surface area contributed by atoms with Crippen LogP contribution >= 0.6 is 0 Å². The molecule has 0 saturated heterocycles. The fourth-order valence-corrected chi connectivity index (χ4v) is 1.29. The SMILES string of the molecule is CCC(C)C(C)C(C)C(=O)OCN. The average Bonchev–Trinajstić information content (AvgIpc) is 2.14. The van der Waals surface area contributed by atoms with Crippen molar-refractivity contribution in [3.05, 3.63) is 0 Å². The maximum Gasteiger partial charge on any atom is 0.310 e. The fraction of sp³-hybridized carbons (Fsp3) is 0.900. The van der Waals surface area contributed by atoms with Crippen LogP contribution in [0.15, 0.2) is 0 Å². The second-order valence-corrected chi connectivity index (χ2v) is 3.66. The van der Waals surface area contributed by atoms with Gasteiger partial charge in [-0.3, -0.25) is 10.5 Å². The highest BCUT2D eigenvalue weighted by molar-refractivity contribution is 5.72. The van der Waals surface area contributed by atoms with Crippen LogP contribution in [0.25, 0.3) is 0 Å². The summed E-state index contributed by atoms with van der Waals surface area (Å²) in [7, 11) is 0. The van der Waals surface area contributed by atoms with E-state index in [2.05, 4.69) is 20.8 Å². The molecule has 3 heteroatoms. The van der Waals surface area contributed by atoms with Crippen molar-refractivity contribution in [2.75, 3.05) is 6.73 Å². The van der Waals surface area contributed by atoms with Crippen LogP contribution in [0.4, 0.5) is 0 Å². The molecule has 0 spiro atoms. The summed E-state index contributed by atoms with van der Waals surface area (Å²) in [4.78, 5) is 11.3. The second-order valence-electron chi connectivity index (χ2n) is 3.66. The van der Waals surface area contributed by atoms with E-state index < -0.39 is 0 Å². The van der Waals surface area contributed by atoms with E-state index in [0.717, 1.165) is 6.42 Å². The van der Waals surface area contributed by atoms with Gasteiger partial charge in [-0.2, -0.15) is 0 Å². The largest absolute Gasteiger partial charge is 0.450 e. The Morgan fingerprint density at radius 2 is 1.92 bits per heavy atom. The standard InChI is InChI=1S/C10H21NO2/c1-5-7(2)8(3)9(4)10(12)13-6-11/h7-9H,5-6,11H2,1-4H3. The van der Waals surface area contributed by atoms with Gasteiger partial charge in [-0.15, -0.1) is 0 Å². The van der Waals surface area contributed by atoms with Gasteiger partial charge in [0.2, 0.25) is 0 Å². The van der Waals surface area contributed by atoms with Gasteiger partial charge in [0.25, 0.3) is 0 Å². The maximum atomic E-state index is 11.3. The first-order valence-corrected chi connectivity index (χ1v) is 4.91. The topological polar surface area (TPSA) is 52.3 Å². The summed E-state index contributed by atoms with van der Waals surface area (Å²) in [6.07, 6.45) is 1.08. The molecule has 0 radical (unpaired) electrons. The number of carbonyl (C=O) groups is 1. The highest BCUT2D eigenvalue weighted by Crippen LogP contribution is 2.23. The van der Waals surface area contributed by atoms with Crippen molar-refractivity contribution in [2.45, 2.75) is 34.1 Å². The molecule has 0 saturated carbocycles. The molecule has 0 aliphatic carbocycles. The molecule has 0 amide bonds. The smallest absolute Gasteiger partial charge is 0.310 e. The first-order valence-electron chi connectivity index (χ1n) is 4.91. The van der Waals surface area contributed by atoms with Gasteiger partial charge in [0, 0.05) is 0 Å². The van der Waals surface area contributed by atoms with Gasteiger partial charge >= 0.3 is 5.97 Å². The zero-order valence-electron chi connectivity index (χ0n) is 9.04. The minimum Gasteiger partial charge on any atom is -0.450 e. The summed E-state index contributed by atoms with van der Waals surface area (Å²) < 4.78 is 4.76. The van der Waals surface area contributed by atoms with Gasteiger partial charge < -0.3 is 4.74 Å². The highest BCUT2D eigenvalue weighted by atomic mass is 16.5. The van der Waals surface area contributed by atoms with E-state index in [1.54, 1.807) is 0 Å². The summed E-state index contributed by atoms with van der Waals surface area (Å²) in [5.74, 6) is 0.651. The number of rotatable bonds is 5. The van der Waals surface area contributed by atoms with Gasteiger partial charge in [0.15, 0.2) is 0 Å². The van der Waals surface area contributed by atoms with Gasteiger partial charge in [-0.05, 0) is 11.8 Å². The number of carbonyl (C=O) groups excluding carboxylic acids is 1. The Kier molecular flexibility index (Phi) is 5.71. The molecule has 0 aromatic rings. The Balaban J connectivity index is 4.07. The average molecular weight is 187 g/mol. The Bertz CT molecular complexity index is 159. The summed E-state index contributed by atoms with van der Waals surface area (Å²) in [5, 5.41) is 0. The first-order chi connectivity index (χ1) is 6.04. The fourth-order valence-electron chi connectivity index (χ4n) is 1.29. The van der Waals surface area contributed by atoms with E-state index in [1.165, 1.54) is 0 Å². The lowest BCUT2D eigenvalue weighted by atomic mass is 9.84. The number of esters is 1. The molecule has 0 aliphatic heterocycles. The van der Waals surface area contributed by atoms with E-state index in [1.807, 2.05) is 6.92 Å². The van der Waals surface area contributed by atoms with Crippen molar-refractivity contribution in [2.24, 2.45) is 23.5 Å². The van der Waals surface area contributed by atoms with Gasteiger partial charge in [-0.25, -0.2) is 0 Å². The molecule has 0 aromatic carbocycles. The zero-order chi connectivity index (χ0) is 10.4. The predicted molar refractivity (Wildman–Crippen MR) is 52.9 cm³/mol. The molecule has 0 fully saturated rings. The van der Waals surface area contributed by atoms with Gasteiger partial charge in [0.05, 0.1) is 5.92 Å². The summed E-state index contributed by atoms with van der Waals surface area (Å²) in [6, 6.07) is 0. The van der Waals surface area contributed by atoms with Crippen LogP contribution < -0.4 is 5.73 Å². The van der Waals surface area contributed by atoms with Crippen molar-refractivity contribution in [3.8, 4) is 0 Å². The minimum absolute atomic E-state index is 0.0175. The van der Waals surface area contributed by atoms with Crippen LogP contribution in [-0.2, 0) is 9.53 Å². The lowest BCUT2D eigenvalue weighted by Gasteiger charge is -2.23. The van der Waals surface area contributed by atoms with Gasteiger partial charge in [0.1, 0.15) is 6.73 Å². The molecule has 0 aromatic heterocycles. The van der Waals surface area contributed by atoms with Crippen LogP contribution in [0.5, 0.6) is 0 Å². The van der Waals surface area contributed by atoms with Crippen molar-refractivity contribution in [1.82, 2.24) is 0 Å². The summed E-state index contributed by atoms with van der Waals surface area (Å²) >= 11 is 0. The number of hydrogen-bond donors (Lipinski definition) is 1. The van der Waals surface area contributed by atoms with Crippen LogP contribution in [0.1, 0.15) is 34.1 Å². The number of nitrogens with two attached hydrogens (primary N) is 1. The second kappa shape index (κ2) is 5.97. The molecule has 13 heavy (non-hydrogen) atoms. The minimum atomic E-state index is -0.185. The van der Waals surface area contributed by atoms with Crippen LogP contribution in [0.3, 0.4) is 0 Å². The Labute approximate surface area is 80.6 Å². The van der Waals surface area contributed by atoms with Crippen LogP contribution in [0, 0.1) is 17.8 Å². The summed E-state index contributed by atoms with van der Waals surface area (Å²) in [6.45, 7) is 8.24. The lowest BCUT2D eigenvalue weighted by molar-refractivity contribution is -0.150. The van der Waals surface area contributed by atoms with Crippen LogP contribution in [-0.4, -0.2) is 12.7 Å². The third-order valence-corrected chi connectivity index (χ3v) is 2.93. The van der Waals surface area contributed by atoms with Crippen molar-refractivity contribution >= 4 is 5.97 Å². The molecule has 0 heterocycles. The van der Waals surface area contributed by atoms with Crippen molar-refractivity contribution in [1.29, 1.82) is 0 Å². The van der Waals surface area contributed by atoms with Crippen LogP contribution in [0.2, 0.25) is 0 Å². The highest BCUT2D eigenvalue weighted by Gasteiger charge is 2.24. The molecule has 2 N–H and O–H groups in total. The first kappa shape index (κ1) is 12.4. The normalized spacial score (nSPS) is 17.6. The Morgan fingerprint density at radius 3 is 2.31 bits per heavy atom. The van der Waals surface area contributed by atoms with E-state index in [4.69, 9.17) is 10.5 Å². The third kappa shape index (κ3) is 3.77. The molecule has 0 aliphatic rings. The maximum absolute atomic E-state index is 11.3. The molecule has 0 bridgehead atoms. The quantitative estimate of drug-likeness (QED) is 0.527. The molecular weight excluding hydrogens is 166 g/mol. The Morgan fingerprint density at radius 1 is 1.38 bits per heavy atom. The van der Waals surface area contributed by atoms with E-state index >= 15 is 0 Å². The van der Waals surface area contributed by atoms with E-state index in [0.29, 0.717) is 11.8 Å². The monoisotopic (exact) mass is 187 g/mol. The number of ether oxygens (including phenoxy) is 1. The molecule has 0 rings (SSSR count). The molecule has 3 unspecified atom stereocenters. The molecular formula is C10H21NO2. The molecule has 3 nitrogen and oxygen atoms in total. The lowest BCUT2D eigenvalue weighted by Crippen LogP contribution is -2.27. The number of hydrogen-bond acceptors (Lipinski definition) is 3. The third-order valence-electron chi connectivity index (χ3n) is 2.93. The summed E-state index contributed by atoms with van der Waals surface area (Å²) in [5.41, 5.74) is 5.13. The van der Waals surface area contributed by atoms with Crippen molar-refractivity contribution < 1.29 is 9.53 Å².